The first-order valence-corrected chi connectivity index (χ1v) is 7.41. The zero-order valence-electron chi connectivity index (χ0n) is 11.5. The van der Waals surface area contributed by atoms with E-state index in [4.69, 9.17) is 0 Å². The highest BCUT2D eigenvalue weighted by Crippen LogP contribution is 2.28. The van der Waals surface area contributed by atoms with Crippen LogP contribution in [-0.4, -0.2) is 12.8 Å². The summed E-state index contributed by atoms with van der Waals surface area (Å²) < 4.78 is 27.6. The van der Waals surface area contributed by atoms with Crippen molar-refractivity contribution in [2.75, 3.05) is 12.8 Å². The summed E-state index contributed by atoms with van der Waals surface area (Å²) in [6, 6.07) is 11.7. The highest BCUT2D eigenvalue weighted by atomic mass is 32.2. The molecule has 0 bridgehead atoms. The maximum absolute atomic E-state index is 13.8. The largest absolute Gasteiger partial charge is 0.312 e. The Bertz CT molecular complexity index is 566. The fourth-order valence-electron chi connectivity index (χ4n) is 2.04. The molecule has 2 aromatic carbocycles. The zero-order valence-corrected chi connectivity index (χ0v) is 12.3. The molecule has 1 nitrogen and oxygen atoms in total. The van der Waals surface area contributed by atoms with Crippen LogP contribution in [0.15, 0.2) is 47.4 Å². The molecule has 2 rings (SSSR count). The Morgan fingerprint density at radius 1 is 1.10 bits per heavy atom. The maximum atomic E-state index is 13.8. The van der Waals surface area contributed by atoms with Gasteiger partial charge < -0.3 is 5.32 Å². The summed E-state index contributed by atoms with van der Waals surface area (Å²) in [7, 11) is 1.72. The second kappa shape index (κ2) is 6.86. The van der Waals surface area contributed by atoms with Crippen LogP contribution in [0.3, 0.4) is 0 Å². The van der Waals surface area contributed by atoms with Crippen molar-refractivity contribution in [1.29, 1.82) is 0 Å². The lowest BCUT2D eigenvalue weighted by atomic mass is 10.1. The van der Waals surface area contributed by atoms with E-state index in [9.17, 15) is 8.78 Å². The molecule has 0 amide bonds. The first-order chi connectivity index (χ1) is 9.61. The van der Waals surface area contributed by atoms with Gasteiger partial charge in [-0.25, -0.2) is 8.78 Å². The molecule has 0 spiro atoms. The van der Waals surface area contributed by atoms with Gasteiger partial charge in [0.15, 0.2) is 0 Å². The lowest BCUT2D eigenvalue weighted by molar-refractivity contribution is 0.513. The summed E-state index contributed by atoms with van der Waals surface area (Å²) in [5.74, 6) is -0.443. The van der Waals surface area contributed by atoms with Crippen LogP contribution in [0.4, 0.5) is 8.78 Å². The van der Waals surface area contributed by atoms with E-state index in [-0.39, 0.29) is 11.6 Å². The Labute approximate surface area is 122 Å². The van der Waals surface area contributed by atoms with Gasteiger partial charge in [-0.1, -0.05) is 23.8 Å². The van der Waals surface area contributed by atoms with Crippen LogP contribution in [0.5, 0.6) is 0 Å². The van der Waals surface area contributed by atoms with Crippen molar-refractivity contribution in [2.45, 2.75) is 17.9 Å². The number of aryl methyl sites for hydroxylation is 1. The van der Waals surface area contributed by atoms with Crippen LogP contribution in [0.25, 0.3) is 0 Å². The van der Waals surface area contributed by atoms with Gasteiger partial charge >= 0.3 is 0 Å². The maximum Gasteiger partial charge on any atom is 0.130 e. The molecule has 1 atom stereocenters. The first-order valence-electron chi connectivity index (χ1n) is 6.42. The molecule has 0 heterocycles. The molecule has 0 saturated carbocycles. The molecule has 20 heavy (non-hydrogen) atoms. The second-order valence-corrected chi connectivity index (χ2v) is 5.70. The number of hydrogen-bond donors (Lipinski definition) is 1. The Morgan fingerprint density at radius 2 is 1.75 bits per heavy atom. The number of rotatable bonds is 5. The van der Waals surface area contributed by atoms with Crippen LogP contribution in [0.2, 0.25) is 0 Å². The molecule has 0 fully saturated rings. The molecule has 1 N–H and O–H groups in total. The smallest absolute Gasteiger partial charge is 0.130 e. The normalized spacial score (nSPS) is 12.4. The standard InChI is InChI=1S/C16H17F2NS/c1-11-5-3-6-12(9-11)20-10-15(19-2)16-13(17)7-4-8-14(16)18/h3-9,15,19H,10H2,1-2H3. The van der Waals surface area contributed by atoms with E-state index in [1.54, 1.807) is 18.8 Å². The number of benzene rings is 2. The molecular weight excluding hydrogens is 276 g/mol. The van der Waals surface area contributed by atoms with Gasteiger partial charge in [0.1, 0.15) is 11.6 Å². The second-order valence-electron chi connectivity index (χ2n) is 4.60. The zero-order chi connectivity index (χ0) is 14.5. The summed E-state index contributed by atoms with van der Waals surface area (Å²) in [5, 5.41) is 2.98. The van der Waals surface area contributed by atoms with E-state index < -0.39 is 11.6 Å². The molecule has 0 aromatic heterocycles. The monoisotopic (exact) mass is 293 g/mol. The van der Waals surface area contributed by atoms with E-state index in [2.05, 4.69) is 11.4 Å². The van der Waals surface area contributed by atoms with Gasteiger partial charge in [-0.15, -0.1) is 11.8 Å². The summed E-state index contributed by atoms with van der Waals surface area (Å²) in [6.07, 6.45) is 0. The number of hydrogen-bond acceptors (Lipinski definition) is 2. The van der Waals surface area contributed by atoms with Crippen molar-refractivity contribution in [2.24, 2.45) is 0 Å². The number of nitrogens with one attached hydrogen (secondary N) is 1. The molecule has 1 unspecified atom stereocenters. The molecular formula is C16H17F2NS. The van der Waals surface area contributed by atoms with E-state index in [1.807, 2.05) is 25.1 Å². The fourth-order valence-corrected chi connectivity index (χ4v) is 3.18. The average molecular weight is 293 g/mol. The topological polar surface area (TPSA) is 12.0 Å². The van der Waals surface area contributed by atoms with Gasteiger partial charge in [-0.05, 0) is 38.2 Å². The molecule has 0 aliphatic carbocycles. The van der Waals surface area contributed by atoms with Gasteiger partial charge in [-0.2, -0.15) is 0 Å². The molecule has 2 aromatic rings. The molecule has 0 aliphatic heterocycles. The van der Waals surface area contributed by atoms with Gasteiger partial charge in [0.05, 0.1) is 0 Å². The van der Waals surface area contributed by atoms with Gasteiger partial charge in [0.2, 0.25) is 0 Å². The lowest BCUT2D eigenvalue weighted by Gasteiger charge is -2.17. The quantitative estimate of drug-likeness (QED) is 0.824. The van der Waals surface area contributed by atoms with Crippen molar-refractivity contribution in [3.8, 4) is 0 Å². The third-order valence-electron chi connectivity index (χ3n) is 3.10. The minimum absolute atomic E-state index is 0.107. The Morgan fingerprint density at radius 3 is 2.35 bits per heavy atom. The average Bonchev–Trinajstić information content (AvgIpc) is 2.42. The van der Waals surface area contributed by atoms with E-state index in [1.165, 1.54) is 23.8 Å². The van der Waals surface area contributed by atoms with Crippen molar-refractivity contribution >= 4 is 11.8 Å². The van der Waals surface area contributed by atoms with Crippen LogP contribution >= 0.6 is 11.8 Å². The highest BCUT2D eigenvalue weighted by molar-refractivity contribution is 7.99. The third kappa shape index (κ3) is 3.58. The van der Waals surface area contributed by atoms with Crippen LogP contribution in [0, 0.1) is 18.6 Å². The summed E-state index contributed by atoms with van der Waals surface area (Å²) in [5.41, 5.74) is 1.28. The fraction of sp³-hybridized carbons (Fsp3) is 0.250. The predicted molar refractivity (Wildman–Crippen MR) is 80.1 cm³/mol. The van der Waals surface area contributed by atoms with E-state index in [0.717, 1.165) is 4.90 Å². The Kier molecular flexibility index (Phi) is 5.15. The molecule has 0 saturated heterocycles. The molecule has 4 heteroatoms. The summed E-state index contributed by atoms with van der Waals surface area (Å²) >= 11 is 1.58. The van der Waals surface area contributed by atoms with Crippen molar-refractivity contribution in [1.82, 2.24) is 5.32 Å². The molecule has 106 valence electrons. The minimum Gasteiger partial charge on any atom is -0.312 e. The molecule has 0 aliphatic rings. The molecule has 0 radical (unpaired) electrons. The Hall–Kier alpha value is -1.39. The van der Waals surface area contributed by atoms with Crippen molar-refractivity contribution in [3.63, 3.8) is 0 Å². The summed E-state index contributed by atoms with van der Waals surface area (Å²) in [6.45, 7) is 2.02. The van der Waals surface area contributed by atoms with E-state index in [0.29, 0.717) is 5.75 Å². The van der Waals surface area contributed by atoms with E-state index >= 15 is 0 Å². The van der Waals surface area contributed by atoms with Crippen molar-refractivity contribution < 1.29 is 8.78 Å². The highest BCUT2D eigenvalue weighted by Gasteiger charge is 2.18. The summed E-state index contributed by atoms with van der Waals surface area (Å²) in [4.78, 5) is 1.10. The van der Waals surface area contributed by atoms with Gasteiger partial charge in [-0.3, -0.25) is 0 Å². The van der Waals surface area contributed by atoms with Crippen LogP contribution in [0.1, 0.15) is 17.2 Å². The van der Waals surface area contributed by atoms with Crippen LogP contribution in [-0.2, 0) is 0 Å². The minimum atomic E-state index is -0.505. The SMILES string of the molecule is CNC(CSc1cccc(C)c1)c1c(F)cccc1F. The van der Waals surface area contributed by atoms with Gasteiger partial charge in [0, 0.05) is 22.3 Å². The third-order valence-corrected chi connectivity index (χ3v) is 4.19. The number of halogens is 2. The lowest BCUT2D eigenvalue weighted by Crippen LogP contribution is -2.21. The van der Waals surface area contributed by atoms with Gasteiger partial charge in [0.25, 0.3) is 0 Å². The van der Waals surface area contributed by atoms with Crippen LogP contribution < -0.4 is 5.32 Å². The first kappa shape index (κ1) is 15.0. The number of thioether (sulfide) groups is 1. The predicted octanol–water partition coefficient (Wildman–Crippen LogP) is 4.33. The Balaban J connectivity index is 2.13. The van der Waals surface area contributed by atoms with Crippen molar-refractivity contribution in [3.05, 3.63) is 65.2 Å².